The molecule has 0 amide bonds. The summed E-state index contributed by atoms with van der Waals surface area (Å²) in [4.78, 5) is 90.9. The highest BCUT2D eigenvalue weighted by Gasteiger charge is 2.24. The number of esters is 4. The lowest BCUT2D eigenvalue weighted by atomic mass is 10.1. The first kappa shape index (κ1) is 37.9. The largest absolute Gasteiger partial charge is 0.462 e. The number of ether oxygens (including phenoxy) is 6. The van der Waals surface area contributed by atoms with E-state index in [1.807, 2.05) is 0 Å². The number of hydrogen-bond donors (Lipinski definition) is 0. The van der Waals surface area contributed by atoms with Crippen molar-refractivity contribution in [3.8, 4) is 12.0 Å². The first-order valence-electron chi connectivity index (χ1n) is 13.9. The van der Waals surface area contributed by atoms with Gasteiger partial charge in [0.2, 0.25) is 25.0 Å². The number of nitrogens with zero attached hydrogens (tertiary/aromatic N) is 4. The molecule has 0 saturated carbocycles. The van der Waals surface area contributed by atoms with Crippen LogP contribution in [0.2, 0.25) is 0 Å². The quantitative estimate of drug-likeness (QED) is 0.0372. The van der Waals surface area contributed by atoms with Gasteiger partial charge in [0.25, 0.3) is 6.26 Å². The Morgan fingerprint density at radius 1 is 0.750 bits per heavy atom. The molecule has 48 heavy (non-hydrogen) atoms. The zero-order valence-electron chi connectivity index (χ0n) is 25.4. The molecular formula is C31H28N4O13. The third-order valence-corrected chi connectivity index (χ3v) is 5.92. The van der Waals surface area contributed by atoms with Crippen LogP contribution in [0.1, 0.15) is 24.5 Å². The molecule has 0 saturated heterocycles. The second kappa shape index (κ2) is 21.4. The lowest BCUT2D eigenvalue weighted by Gasteiger charge is -2.16. The van der Waals surface area contributed by atoms with E-state index in [-0.39, 0.29) is 26.1 Å². The maximum absolute atomic E-state index is 12.5. The molecule has 0 aliphatic rings. The van der Waals surface area contributed by atoms with Gasteiger partial charge in [-0.05, 0) is 42.3 Å². The van der Waals surface area contributed by atoms with Crippen LogP contribution < -0.4 is 4.74 Å². The molecule has 0 fully saturated rings. The minimum atomic E-state index is -1.24. The monoisotopic (exact) mass is 664 g/mol. The molecule has 17 nitrogen and oxygen atoms in total. The van der Waals surface area contributed by atoms with Crippen LogP contribution in [0, 0.1) is 11.5 Å². The molecule has 2 rings (SSSR count). The lowest BCUT2D eigenvalue weighted by Crippen LogP contribution is -2.29. The van der Waals surface area contributed by atoms with Gasteiger partial charge in [-0.2, -0.15) is 15.0 Å². The molecule has 0 aromatic heterocycles. The van der Waals surface area contributed by atoms with E-state index >= 15 is 0 Å². The fourth-order valence-corrected chi connectivity index (χ4v) is 3.71. The molecule has 0 heterocycles. The molecule has 250 valence electrons. The van der Waals surface area contributed by atoms with Crippen LogP contribution in [0.15, 0.2) is 63.5 Å². The van der Waals surface area contributed by atoms with Gasteiger partial charge in [-0.1, -0.05) is 24.3 Å². The highest BCUT2D eigenvalue weighted by molar-refractivity contribution is 5.78. The zero-order valence-corrected chi connectivity index (χ0v) is 25.4. The second-order valence-electron chi connectivity index (χ2n) is 9.41. The summed E-state index contributed by atoms with van der Waals surface area (Å²) in [6.07, 6.45) is 4.14. The summed E-state index contributed by atoms with van der Waals surface area (Å²) in [5, 5.41) is 8.53. The SMILES string of the molecule is CC(CC(=O)OCOC(=O)COCCOC(=O)C(Cc1ccc(OC#N)cc1)N=C=O)OC(=O)C(Cc1ccc(N=C=O)cc1)N=C=O. The highest BCUT2D eigenvalue weighted by Crippen LogP contribution is 2.16. The number of benzene rings is 2. The minimum Gasteiger partial charge on any atom is -0.462 e. The van der Waals surface area contributed by atoms with Gasteiger partial charge in [0.05, 0.1) is 18.7 Å². The molecule has 0 radical (unpaired) electrons. The predicted molar refractivity (Wildman–Crippen MR) is 157 cm³/mol. The number of carbonyl (C=O) groups excluding carboxylic acids is 7. The number of carbonyl (C=O) groups is 4. The summed E-state index contributed by atoms with van der Waals surface area (Å²) in [5.74, 6) is -3.20. The molecule has 0 bridgehead atoms. The van der Waals surface area contributed by atoms with Crippen molar-refractivity contribution in [2.45, 2.75) is 44.4 Å². The summed E-state index contributed by atoms with van der Waals surface area (Å²) in [6.45, 7) is -0.414. The number of aliphatic imine (C=N–C) groups is 3. The average Bonchev–Trinajstić information content (AvgIpc) is 3.06. The Hall–Kier alpha value is -6.29. The first-order valence-corrected chi connectivity index (χ1v) is 13.9. The fourth-order valence-electron chi connectivity index (χ4n) is 3.71. The van der Waals surface area contributed by atoms with Crippen molar-refractivity contribution in [1.82, 2.24) is 0 Å². The Morgan fingerprint density at radius 3 is 1.92 bits per heavy atom. The van der Waals surface area contributed by atoms with Gasteiger partial charge in [0, 0.05) is 12.8 Å². The van der Waals surface area contributed by atoms with Crippen LogP contribution >= 0.6 is 0 Å². The Bertz CT molecular complexity index is 1590. The number of isocyanates is 3. The van der Waals surface area contributed by atoms with Crippen LogP contribution in [-0.4, -0.2) is 86.9 Å². The van der Waals surface area contributed by atoms with Gasteiger partial charge in [0.15, 0.2) is 12.1 Å². The van der Waals surface area contributed by atoms with Crippen molar-refractivity contribution in [3.05, 3.63) is 59.7 Å². The van der Waals surface area contributed by atoms with Crippen LogP contribution in [0.5, 0.6) is 5.75 Å². The van der Waals surface area contributed by atoms with E-state index in [4.69, 9.17) is 28.9 Å². The van der Waals surface area contributed by atoms with Gasteiger partial charge < -0.3 is 28.4 Å². The second-order valence-corrected chi connectivity index (χ2v) is 9.41. The van der Waals surface area contributed by atoms with Gasteiger partial charge in [-0.25, -0.2) is 28.8 Å². The molecular weight excluding hydrogens is 636 g/mol. The minimum absolute atomic E-state index is 0.0136. The third kappa shape index (κ3) is 14.7. The molecule has 0 aliphatic heterocycles. The van der Waals surface area contributed by atoms with Crippen LogP contribution in [0.4, 0.5) is 5.69 Å². The standard InChI is InChI=1S/C31H28N4O13/c1-21(48-31(42)27(35-19-38)14-22-2-6-24(7-3-22)33-17-36)12-28(39)46-20-47-29(40)15-43-10-11-44-30(41)26(34-18-37)13-23-4-8-25(9-5-23)45-16-32/h2-9,21,26-27H,10-15,20H2,1H3. The Labute approximate surface area is 272 Å². The Morgan fingerprint density at radius 2 is 1.33 bits per heavy atom. The summed E-state index contributed by atoms with van der Waals surface area (Å²) < 4.78 is 29.4. The van der Waals surface area contributed by atoms with Crippen molar-refractivity contribution < 1.29 is 62.0 Å². The molecule has 0 aliphatic carbocycles. The van der Waals surface area contributed by atoms with Crippen molar-refractivity contribution in [1.29, 1.82) is 5.26 Å². The van der Waals surface area contributed by atoms with E-state index in [0.29, 0.717) is 22.6 Å². The predicted octanol–water partition coefficient (Wildman–Crippen LogP) is 1.63. The van der Waals surface area contributed by atoms with E-state index < -0.39 is 61.9 Å². The summed E-state index contributed by atoms with van der Waals surface area (Å²) >= 11 is 0. The Balaban J connectivity index is 1.65. The summed E-state index contributed by atoms with van der Waals surface area (Å²) in [5.41, 5.74) is 1.54. The van der Waals surface area contributed by atoms with Crippen molar-refractivity contribution in [2.75, 3.05) is 26.6 Å². The van der Waals surface area contributed by atoms with Crippen LogP contribution in [0.3, 0.4) is 0 Å². The molecule has 3 atom stereocenters. The molecule has 2 aromatic carbocycles. The van der Waals surface area contributed by atoms with Crippen LogP contribution in [-0.2, 0) is 70.1 Å². The normalized spacial score (nSPS) is 11.8. The van der Waals surface area contributed by atoms with Crippen molar-refractivity contribution >= 4 is 47.8 Å². The molecule has 3 unspecified atom stereocenters. The van der Waals surface area contributed by atoms with E-state index in [2.05, 4.69) is 19.7 Å². The van der Waals surface area contributed by atoms with Gasteiger partial charge in [-0.3, -0.25) is 4.79 Å². The highest BCUT2D eigenvalue weighted by atomic mass is 16.7. The zero-order chi connectivity index (χ0) is 35.1. The van der Waals surface area contributed by atoms with Gasteiger partial charge in [-0.15, -0.1) is 5.26 Å². The number of rotatable bonds is 20. The molecule has 2 aromatic rings. The molecule has 0 N–H and O–H groups in total. The maximum atomic E-state index is 12.5. The van der Waals surface area contributed by atoms with Crippen molar-refractivity contribution in [2.24, 2.45) is 15.0 Å². The first-order chi connectivity index (χ1) is 23.2. The smallest absolute Gasteiger partial charge is 0.334 e. The van der Waals surface area contributed by atoms with E-state index in [1.165, 1.54) is 55.7 Å². The van der Waals surface area contributed by atoms with E-state index in [9.17, 15) is 33.6 Å². The van der Waals surface area contributed by atoms with Gasteiger partial charge in [0.1, 0.15) is 25.1 Å². The molecule has 0 spiro atoms. The van der Waals surface area contributed by atoms with Gasteiger partial charge >= 0.3 is 23.9 Å². The fraction of sp³-hybridized carbons (Fsp3) is 0.355. The molecule has 17 heteroatoms. The third-order valence-electron chi connectivity index (χ3n) is 5.92. The summed E-state index contributed by atoms with van der Waals surface area (Å²) in [7, 11) is 0. The lowest BCUT2D eigenvalue weighted by molar-refractivity contribution is -0.172. The van der Waals surface area contributed by atoms with E-state index in [1.54, 1.807) is 24.3 Å². The summed E-state index contributed by atoms with van der Waals surface area (Å²) in [6, 6.07) is 9.89. The maximum Gasteiger partial charge on any atom is 0.334 e. The Kier molecular flexibility index (Phi) is 16.9. The van der Waals surface area contributed by atoms with Crippen molar-refractivity contribution in [3.63, 3.8) is 0 Å². The average molecular weight is 665 g/mol. The topological polar surface area (TPSA) is 236 Å². The number of nitriles is 1. The van der Waals surface area contributed by atoms with E-state index in [0.717, 1.165) is 0 Å². The number of hydrogen-bond acceptors (Lipinski definition) is 17. The van der Waals surface area contributed by atoms with Crippen LogP contribution in [0.25, 0.3) is 0 Å².